The van der Waals surface area contributed by atoms with E-state index in [0.717, 1.165) is 12.3 Å². The lowest BCUT2D eigenvalue weighted by atomic mass is 10.2. The van der Waals surface area contributed by atoms with Gasteiger partial charge in [0.05, 0.1) is 6.04 Å². The van der Waals surface area contributed by atoms with Gasteiger partial charge in [-0.3, -0.25) is 4.79 Å². The quantitative estimate of drug-likeness (QED) is 0.688. The Morgan fingerprint density at radius 1 is 1.67 bits per heavy atom. The highest BCUT2D eigenvalue weighted by atomic mass is 32.2. The summed E-state index contributed by atoms with van der Waals surface area (Å²) in [5.41, 5.74) is 5.59. The predicted octanol–water partition coefficient (Wildman–Crippen LogP) is 0.545. The standard InChI is InChI=1S/C8H18N2OS/c1-4-7(9)8(11)10(2)5-6-12-3/h7H,4-6,9H2,1-3H3/t7-/m0/s1. The van der Waals surface area contributed by atoms with E-state index in [1.807, 2.05) is 13.2 Å². The topological polar surface area (TPSA) is 46.3 Å². The Bertz CT molecular complexity index is 141. The van der Waals surface area contributed by atoms with E-state index >= 15 is 0 Å². The van der Waals surface area contributed by atoms with E-state index in [4.69, 9.17) is 5.73 Å². The second-order valence-electron chi connectivity index (χ2n) is 2.77. The summed E-state index contributed by atoms with van der Waals surface area (Å²) in [4.78, 5) is 13.1. The fourth-order valence-electron chi connectivity index (χ4n) is 0.796. The molecule has 0 aliphatic rings. The van der Waals surface area contributed by atoms with Crippen LogP contribution < -0.4 is 5.73 Å². The zero-order chi connectivity index (χ0) is 9.56. The Morgan fingerprint density at radius 3 is 2.67 bits per heavy atom. The summed E-state index contributed by atoms with van der Waals surface area (Å²) in [5.74, 6) is 1.02. The first-order valence-electron chi connectivity index (χ1n) is 4.13. The Hall–Kier alpha value is -0.220. The van der Waals surface area contributed by atoms with Gasteiger partial charge in [-0.05, 0) is 12.7 Å². The minimum atomic E-state index is -0.322. The number of amides is 1. The Kier molecular flexibility index (Phi) is 6.20. The van der Waals surface area contributed by atoms with Crippen LogP contribution in [0.4, 0.5) is 0 Å². The SMILES string of the molecule is CC[C@H](N)C(=O)N(C)CCSC. The van der Waals surface area contributed by atoms with E-state index in [2.05, 4.69) is 0 Å². The van der Waals surface area contributed by atoms with Crippen molar-refractivity contribution in [2.45, 2.75) is 19.4 Å². The molecule has 2 N–H and O–H groups in total. The fraction of sp³-hybridized carbons (Fsp3) is 0.875. The molecule has 0 heterocycles. The summed E-state index contributed by atoms with van der Waals surface area (Å²) in [6.45, 7) is 2.71. The third-order valence-electron chi connectivity index (χ3n) is 1.76. The molecule has 0 spiro atoms. The lowest BCUT2D eigenvalue weighted by Gasteiger charge is -2.19. The van der Waals surface area contributed by atoms with E-state index in [-0.39, 0.29) is 11.9 Å². The average Bonchev–Trinajstić information content (AvgIpc) is 2.11. The molecule has 0 unspecified atom stereocenters. The minimum absolute atomic E-state index is 0.0477. The van der Waals surface area contributed by atoms with Crippen LogP contribution in [0, 0.1) is 0 Å². The fourth-order valence-corrected chi connectivity index (χ4v) is 1.25. The van der Waals surface area contributed by atoms with Gasteiger partial charge in [0.25, 0.3) is 0 Å². The first-order chi connectivity index (χ1) is 5.63. The molecule has 1 amide bonds. The highest BCUT2D eigenvalue weighted by Gasteiger charge is 2.14. The van der Waals surface area contributed by atoms with Crippen LogP contribution in [0.2, 0.25) is 0 Å². The maximum atomic E-state index is 11.4. The van der Waals surface area contributed by atoms with Crippen molar-refractivity contribution < 1.29 is 4.79 Å². The summed E-state index contributed by atoms with van der Waals surface area (Å²) in [6.07, 6.45) is 2.74. The van der Waals surface area contributed by atoms with E-state index < -0.39 is 0 Å². The van der Waals surface area contributed by atoms with Crippen LogP contribution in [-0.4, -0.2) is 42.4 Å². The molecular weight excluding hydrogens is 172 g/mol. The van der Waals surface area contributed by atoms with Crippen molar-refractivity contribution in [3.05, 3.63) is 0 Å². The summed E-state index contributed by atoms with van der Waals surface area (Å²) >= 11 is 1.73. The van der Waals surface area contributed by atoms with Crippen LogP contribution >= 0.6 is 11.8 Å². The van der Waals surface area contributed by atoms with Crippen LogP contribution in [0.15, 0.2) is 0 Å². The largest absolute Gasteiger partial charge is 0.344 e. The lowest BCUT2D eigenvalue weighted by molar-refractivity contribution is -0.131. The molecule has 0 fully saturated rings. The number of rotatable bonds is 5. The smallest absolute Gasteiger partial charge is 0.239 e. The van der Waals surface area contributed by atoms with Crippen LogP contribution in [0.5, 0.6) is 0 Å². The van der Waals surface area contributed by atoms with Crippen molar-refractivity contribution in [3.8, 4) is 0 Å². The average molecular weight is 190 g/mol. The number of hydrogen-bond donors (Lipinski definition) is 1. The van der Waals surface area contributed by atoms with Gasteiger partial charge in [-0.15, -0.1) is 0 Å². The highest BCUT2D eigenvalue weighted by Crippen LogP contribution is 1.97. The van der Waals surface area contributed by atoms with Crippen molar-refractivity contribution >= 4 is 17.7 Å². The van der Waals surface area contributed by atoms with E-state index in [1.54, 1.807) is 23.7 Å². The molecule has 0 aromatic heterocycles. The zero-order valence-electron chi connectivity index (χ0n) is 8.04. The summed E-state index contributed by atoms with van der Waals surface area (Å²) < 4.78 is 0. The molecule has 0 saturated heterocycles. The molecule has 0 bridgehead atoms. The first-order valence-corrected chi connectivity index (χ1v) is 5.52. The van der Waals surface area contributed by atoms with E-state index in [0.29, 0.717) is 6.42 Å². The Labute approximate surface area is 78.7 Å². The maximum Gasteiger partial charge on any atom is 0.239 e. The Morgan fingerprint density at radius 2 is 2.25 bits per heavy atom. The Balaban J connectivity index is 3.75. The molecule has 0 aromatic rings. The number of hydrogen-bond acceptors (Lipinski definition) is 3. The maximum absolute atomic E-state index is 11.4. The number of thioether (sulfide) groups is 1. The van der Waals surface area contributed by atoms with Gasteiger partial charge in [-0.1, -0.05) is 6.92 Å². The van der Waals surface area contributed by atoms with Gasteiger partial charge in [0.2, 0.25) is 5.91 Å². The van der Waals surface area contributed by atoms with Crippen LogP contribution in [0.1, 0.15) is 13.3 Å². The summed E-state index contributed by atoms with van der Waals surface area (Å²) in [6, 6.07) is -0.322. The monoisotopic (exact) mass is 190 g/mol. The zero-order valence-corrected chi connectivity index (χ0v) is 8.86. The normalized spacial score (nSPS) is 12.7. The minimum Gasteiger partial charge on any atom is -0.344 e. The molecule has 72 valence electrons. The number of nitrogens with zero attached hydrogens (tertiary/aromatic N) is 1. The van der Waals surface area contributed by atoms with Crippen molar-refractivity contribution in [1.82, 2.24) is 4.90 Å². The molecule has 3 nitrogen and oxygen atoms in total. The highest BCUT2D eigenvalue weighted by molar-refractivity contribution is 7.98. The van der Waals surface area contributed by atoms with Crippen molar-refractivity contribution in [3.63, 3.8) is 0 Å². The van der Waals surface area contributed by atoms with Crippen LogP contribution in [0.3, 0.4) is 0 Å². The van der Waals surface area contributed by atoms with Gasteiger partial charge < -0.3 is 10.6 Å². The van der Waals surface area contributed by atoms with Crippen molar-refractivity contribution in [2.75, 3.05) is 25.6 Å². The molecule has 0 radical (unpaired) electrons. The second-order valence-corrected chi connectivity index (χ2v) is 3.75. The molecule has 12 heavy (non-hydrogen) atoms. The first kappa shape index (κ1) is 11.8. The lowest BCUT2D eigenvalue weighted by Crippen LogP contribution is -2.42. The summed E-state index contributed by atoms with van der Waals surface area (Å²) in [5, 5.41) is 0. The number of carbonyl (C=O) groups excluding carboxylic acids is 1. The van der Waals surface area contributed by atoms with Gasteiger partial charge >= 0.3 is 0 Å². The molecule has 0 saturated carbocycles. The van der Waals surface area contributed by atoms with Gasteiger partial charge in [-0.2, -0.15) is 11.8 Å². The number of carbonyl (C=O) groups is 1. The second kappa shape index (κ2) is 6.31. The van der Waals surface area contributed by atoms with Gasteiger partial charge in [0.1, 0.15) is 0 Å². The van der Waals surface area contributed by atoms with Crippen molar-refractivity contribution in [2.24, 2.45) is 5.73 Å². The molecule has 0 aromatic carbocycles. The number of nitrogens with two attached hydrogens (primary N) is 1. The van der Waals surface area contributed by atoms with Gasteiger partial charge in [-0.25, -0.2) is 0 Å². The van der Waals surface area contributed by atoms with Gasteiger partial charge in [0, 0.05) is 19.3 Å². The molecule has 0 aliphatic heterocycles. The van der Waals surface area contributed by atoms with E-state index in [9.17, 15) is 4.79 Å². The van der Waals surface area contributed by atoms with Crippen LogP contribution in [-0.2, 0) is 4.79 Å². The third kappa shape index (κ3) is 3.97. The van der Waals surface area contributed by atoms with Crippen LogP contribution in [0.25, 0.3) is 0 Å². The predicted molar refractivity (Wildman–Crippen MR) is 54.3 cm³/mol. The van der Waals surface area contributed by atoms with Crippen molar-refractivity contribution in [1.29, 1.82) is 0 Å². The molecule has 0 aliphatic carbocycles. The third-order valence-corrected chi connectivity index (χ3v) is 2.35. The molecule has 1 atom stereocenters. The molecular formula is C8H18N2OS. The van der Waals surface area contributed by atoms with Gasteiger partial charge in [0.15, 0.2) is 0 Å². The number of likely N-dealkylation sites (N-methyl/N-ethyl adjacent to an activating group) is 1. The molecule has 0 rings (SSSR count). The van der Waals surface area contributed by atoms with E-state index in [1.165, 1.54) is 0 Å². The molecule has 4 heteroatoms. The summed E-state index contributed by atoms with van der Waals surface area (Å²) in [7, 11) is 1.80.